The summed E-state index contributed by atoms with van der Waals surface area (Å²) in [5.41, 5.74) is 2.53. The minimum atomic E-state index is -3.14. The van der Waals surface area contributed by atoms with Crippen LogP contribution in [0.5, 0.6) is 5.75 Å². The third kappa shape index (κ3) is 5.08. The van der Waals surface area contributed by atoms with E-state index in [1.807, 2.05) is 0 Å². The lowest BCUT2D eigenvalue weighted by Crippen LogP contribution is -2.39. The molecule has 4 rings (SSSR count). The van der Waals surface area contributed by atoms with Crippen LogP contribution in [0, 0.1) is 5.92 Å². The van der Waals surface area contributed by atoms with Gasteiger partial charge in [0, 0.05) is 32.2 Å². The summed E-state index contributed by atoms with van der Waals surface area (Å²) in [4.78, 5) is 15.0. The van der Waals surface area contributed by atoms with Gasteiger partial charge < -0.3 is 9.15 Å². The number of piperidine rings is 1. The molecule has 174 valence electrons. The molecule has 2 atom stereocenters. The number of hydrogen-bond acceptors (Lipinski definition) is 6. The van der Waals surface area contributed by atoms with Gasteiger partial charge in [-0.3, -0.25) is 9.69 Å². The Balaban J connectivity index is 1.36. The molecule has 2 aromatic rings. The molecule has 0 spiro atoms. The highest BCUT2D eigenvalue weighted by Gasteiger charge is 2.28. The summed E-state index contributed by atoms with van der Waals surface area (Å²) in [5, 5.41) is 0. The molecule has 1 fully saturated rings. The average Bonchev–Trinajstić information content (AvgIpc) is 2.77. The van der Waals surface area contributed by atoms with Crippen LogP contribution in [0.15, 0.2) is 45.8 Å². The van der Waals surface area contributed by atoms with Crippen LogP contribution in [0.4, 0.5) is 0 Å². The molecule has 7 nitrogen and oxygen atoms in total. The summed E-state index contributed by atoms with van der Waals surface area (Å²) in [6.45, 7) is 7.41. The lowest BCUT2D eigenvalue weighted by Gasteiger charge is -2.36. The van der Waals surface area contributed by atoms with Gasteiger partial charge in [-0.1, -0.05) is 31.2 Å². The van der Waals surface area contributed by atoms with Gasteiger partial charge in [0.1, 0.15) is 12.0 Å². The first kappa shape index (κ1) is 23.0. The lowest BCUT2D eigenvalue weighted by atomic mass is 9.90. The van der Waals surface area contributed by atoms with Gasteiger partial charge >= 0.3 is 0 Å². The molecule has 0 saturated carbocycles. The largest absolute Gasteiger partial charge is 0.486 e. The topological polar surface area (TPSA) is 80.1 Å². The molecule has 1 aromatic heterocycles. The highest BCUT2D eigenvalue weighted by Crippen LogP contribution is 2.33. The van der Waals surface area contributed by atoms with E-state index in [1.165, 1.54) is 34.0 Å². The van der Waals surface area contributed by atoms with E-state index in [-0.39, 0.29) is 23.1 Å². The fraction of sp³-hybridized carbons (Fsp3) is 0.542. The zero-order valence-corrected chi connectivity index (χ0v) is 19.8. The molecule has 2 aliphatic heterocycles. The van der Waals surface area contributed by atoms with Crippen LogP contribution in [-0.4, -0.2) is 50.1 Å². The molecule has 3 heterocycles. The molecule has 0 bridgehead atoms. The Morgan fingerprint density at radius 2 is 1.94 bits per heavy atom. The highest BCUT2D eigenvalue weighted by atomic mass is 32.2. The van der Waals surface area contributed by atoms with Crippen LogP contribution >= 0.6 is 0 Å². The number of rotatable bonds is 6. The summed E-state index contributed by atoms with van der Waals surface area (Å²) in [6, 6.07) is 10.0. The number of fused-ring (bicyclic) bond motifs is 1. The number of benzene rings is 1. The monoisotopic (exact) mass is 460 g/mol. The minimum absolute atomic E-state index is 0.0205. The van der Waals surface area contributed by atoms with E-state index in [1.54, 1.807) is 0 Å². The van der Waals surface area contributed by atoms with E-state index in [0.29, 0.717) is 31.4 Å². The molecular formula is C24H32N2O5S. The quantitative estimate of drug-likeness (QED) is 0.658. The molecule has 1 unspecified atom stereocenters. The van der Waals surface area contributed by atoms with E-state index in [9.17, 15) is 13.2 Å². The number of hydrogen-bond donors (Lipinski definition) is 0. The fourth-order valence-corrected chi connectivity index (χ4v) is 5.59. The molecule has 0 aliphatic carbocycles. The zero-order valence-electron chi connectivity index (χ0n) is 19.0. The van der Waals surface area contributed by atoms with Crippen molar-refractivity contribution < 1.29 is 17.6 Å². The Kier molecular flexibility index (Phi) is 6.74. The van der Waals surface area contributed by atoms with Crippen LogP contribution in [0.2, 0.25) is 0 Å². The molecule has 0 N–H and O–H groups in total. The second-order valence-electron chi connectivity index (χ2n) is 9.13. The van der Waals surface area contributed by atoms with Crippen molar-refractivity contribution in [3.05, 3.63) is 63.7 Å². The van der Waals surface area contributed by atoms with Crippen LogP contribution in [-0.2, 0) is 16.6 Å². The van der Waals surface area contributed by atoms with E-state index >= 15 is 0 Å². The predicted octanol–water partition coefficient (Wildman–Crippen LogP) is 3.37. The second-order valence-corrected chi connectivity index (χ2v) is 11.1. The first-order valence-electron chi connectivity index (χ1n) is 11.2. The Bertz CT molecular complexity index is 1110. The van der Waals surface area contributed by atoms with Crippen LogP contribution < -0.4 is 10.2 Å². The van der Waals surface area contributed by atoms with Gasteiger partial charge in [-0.2, -0.15) is 0 Å². The Morgan fingerprint density at radius 3 is 2.62 bits per heavy atom. The predicted molar refractivity (Wildman–Crippen MR) is 123 cm³/mol. The normalized spacial score (nSPS) is 21.8. The maximum atomic E-state index is 12.7. The van der Waals surface area contributed by atoms with Crippen molar-refractivity contribution in [1.82, 2.24) is 9.21 Å². The Hall–Kier alpha value is -2.16. The van der Waals surface area contributed by atoms with E-state index in [4.69, 9.17) is 9.15 Å². The van der Waals surface area contributed by atoms with Gasteiger partial charge in [0.15, 0.2) is 0 Å². The van der Waals surface area contributed by atoms with Crippen molar-refractivity contribution in [2.45, 2.75) is 45.2 Å². The number of nitrogens with zero attached hydrogens (tertiary/aromatic N) is 2. The van der Waals surface area contributed by atoms with Crippen molar-refractivity contribution in [3.8, 4) is 5.75 Å². The average molecular weight is 461 g/mol. The zero-order chi connectivity index (χ0) is 22.9. The van der Waals surface area contributed by atoms with Crippen LogP contribution in [0.25, 0.3) is 0 Å². The standard InChI is InChI=1S/C24H32N2O5S/c1-17-13-25(14-20-6-4-5-7-21(17)20)18(2)23-12-22(27)24(16-31-23)30-15-19-8-10-26(11-9-19)32(3,28)29/h4-7,12,16-19H,8-11,13-15H2,1-3H3/t17?,18-/m1/s1. The lowest BCUT2D eigenvalue weighted by molar-refractivity contribution is 0.153. The summed E-state index contributed by atoms with van der Waals surface area (Å²) < 4.78 is 36.3. The maximum Gasteiger partial charge on any atom is 0.227 e. The third-order valence-electron chi connectivity index (χ3n) is 6.76. The molecule has 0 radical (unpaired) electrons. The Labute approximate surface area is 190 Å². The first-order chi connectivity index (χ1) is 15.2. The second kappa shape index (κ2) is 9.37. The molecule has 32 heavy (non-hydrogen) atoms. The van der Waals surface area contributed by atoms with Gasteiger partial charge in [0.05, 0.1) is 18.9 Å². The van der Waals surface area contributed by atoms with E-state index in [2.05, 4.69) is 43.0 Å². The van der Waals surface area contributed by atoms with Crippen molar-refractivity contribution in [3.63, 3.8) is 0 Å². The summed E-state index contributed by atoms with van der Waals surface area (Å²) in [7, 11) is -3.14. The molecule has 2 aliphatic rings. The summed E-state index contributed by atoms with van der Waals surface area (Å²) in [5.74, 6) is 1.49. The van der Waals surface area contributed by atoms with Gasteiger partial charge in [-0.25, -0.2) is 12.7 Å². The van der Waals surface area contributed by atoms with Gasteiger partial charge in [-0.15, -0.1) is 0 Å². The first-order valence-corrected chi connectivity index (χ1v) is 13.1. The molecule has 1 aromatic carbocycles. The van der Waals surface area contributed by atoms with Crippen LogP contribution in [0.3, 0.4) is 0 Å². The molecular weight excluding hydrogens is 428 g/mol. The smallest absolute Gasteiger partial charge is 0.227 e. The van der Waals surface area contributed by atoms with Gasteiger partial charge in [-0.05, 0) is 42.7 Å². The highest BCUT2D eigenvalue weighted by molar-refractivity contribution is 7.88. The summed E-state index contributed by atoms with van der Waals surface area (Å²) in [6.07, 6.45) is 4.10. The van der Waals surface area contributed by atoms with Crippen molar-refractivity contribution >= 4 is 10.0 Å². The number of sulfonamides is 1. The van der Waals surface area contributed by atoms with Gasteiger partial charge in [0.2, 0.25) is 21.2 Å². The van der Waals surface area contributed by atoms with Crippen molar-refractivity contribution in [1.29, 1.82) is 0 Å². The summed E-state index contributed by atoms with van der Waals surface area (Å²) >= 11 is 0. The van der Waals surface area contributed by atoms with Crippen LogP contribution in [0.1, 0.15) is 55.5 Å². The molecule has 0 amide bonds. The number of ether oxygens (including phenoxy) is 1. The third-order valence-corrected chi connectivity index (χ3v) is 8.07. The SMILES string of the molecule is CC1CN([C@H](C)c2cc(=O)c(OCC3CCN(S(C)(=O)=O)CC3)co2)Cc2ccccc21. The molecule has 8 heteroatoms. The van der Waals surface area contributed by atoms with E-state index in [0.717, 1.165) is 25.9 Å². The Morgan fingerprint density at radius 1 is 1.22 bits per heavy atom. The maximum absolute atomic E-state index is 12.7. The minimum Gasteiger partial charge on any atom is -0.486 e. The molecule has 1 saturated heterocycles. The van der Waals surface area contributed by atoms with Crippen molar-refractivity contribution in [2.24, 2.45) is 5.92 Å². The fourth-order valence-electron chi connectivity index (χ4n) is 4.72. The van der Waals surface area contributed by atoms with E-state index < -0.39 is 10.0 Å². The van der Waals surface area contributed by atoms with Gasteiger partial charge in [0.25, 0.3) is 0 Å². The van der Waals surface area contributed by atoms with Crippen molar-refractivity contribution in [2.75, 3.05) is 32.5 Å².